The quantitative estimate of drug-likeness (QED) is 0.431. The molecule has 0 aromatic heterocycles. The van der Waals surface area contributed by atoms with Crippen LogP contribution in [-0.4, -0.2) is 25.5 Å². The van der Waals surface area contributed by atoms with Crippen molar-refractivity contribution in [3.63, 3.8) is 0 Å². The summed E-state index contributed by atoms with van der Waals surface area (Å²) in [5.74, 6) is 1.05. The zero-order chi connectivity index (χ0) is 23.6. The van der Waals surface area contributed by atoms with Crippen molar-refractivity contribution in [1.29, 1.82) is 0 Å². The molecule has 0 aliphatic heterocycles. The van der Waals surface area contributed by atoms with Crippen LogP contribution >= 0.6 is 0 Å². The third kappa shape index (κ3) is 6.84. The van der Waals surface area contributed by atoms with Gasteiger partial charge in [-0.3, -0.25) is 9.59 Å². The van der Waals surface area contributed by atoms with Crippen LogP contribution in [0.1, 0.15) is 52.7 Å². The SMILES string of the molecule is COc1ccc(C(NC(=O)c2ccccc2)NC(=O)c2ccccc2)cc1OCCC(C)C. The maximum atomic E-state index is 12.9. The predicted octanol–water partition coefficient (Wildman–Crippen LogP) is 4.98. The number of carbonyl (C=O) groups is 2. The van der Waals surface area contributed by atoms with E-state index in [-0.39, 0.29) is 11.8 Å². The minimum atomic E-state index is -0.774. The van der Waals surface area contributed by atoms with Crippen LogP contribution in [0.15, 0.2) is 78.9 Å². The number of carbonyl (C=O) groups excluding carboxylic acids is 2. The molecule has 2 N–H and O–H groups in total. The summed E-state index contributed by atoms with van der Waals surface area (Å²) in [6, 6.07) is 23.1. The lowest BCUT2D eigenvalue weighted by Gasteiger charge is -2.22. The van der Waals surface area contributed by atoms with Crippen molar-refractivity contribution in [3.8, 4) is 11.5 Å². The first-order valence-electron chi connectivity index (χ1n) is 11.0. The third-order valence-electron chi connectivity index (χ3n) is 5.10. The van der Waals surface area contributed by atoms with Gasteiger partial charge in [0.25, 0.3) is 11.8 Å². The third-order valence-corrected chi connectivity index (χ3v) is 5.10. The summed E-state index contributed by atoms with van der Waals surface area (Å²) in [6.07, 6.45) is 0.121. The highest BCUT2D eigenvalue weighted by molar-refractivity contribution is 5.96. The lowest BCUT2D eigenvalue weighted by molar-refractivity contribution is 0.0883. The maximum absolute atomic E-state index is 12.9. The fraction of sp³-hybridized carbons (Fsp3) is 0.259. The van der Waals surface area contributed by atoms with Crippen LogP contribution in [0.2, 0.25) is 0 Å². The number of hydrogen-bond acceptors (Lipinski definition) is 4. The highest BCUT2D eigenvalue weighted by atomic mass is 16.5. The summed E-state index contributed by atoms with van der Waals surface area (Å²) >= 11 is 0. The van der Waals surface area contributed by atoms with Gasteiger partial charge in [0.05, 0.1) is 13.7 Å². The summed E-state index contributed by atoms with van der Waals surface area (Å²) < 4.78 is 11.4. The minimum Gasteiger partial charge on any atom is -0.493 e. The Morgan fingerprint density at radius 1 is 0.788 bits per heavy atom. The molecule has 0 heterocycles. The monoisotopic (exact) mass is 446 g/mol. The van der Waals surface area contributed by atoms with Gasteiger partial charge in [0.1, 0.15) is 6.17 Å². The van der Waals surface area contributed by atoms with Gasteiger partial charge in [0.2, 0.25) is 0 Å². The largest absolute Gasteiger partial charge is 0.493 e. The van der Waals surface area contributed by atoms with Crippen molar-refractivity contribution in [2.24, 2.45) is 5.92 Å². The Kier molecular flexibility index (Phi) is 8.47. The molecule has 0 atom stereocenters. The molecule has 0 bridgehead atoms. The van der Waals surface area contributed by atoms with Gasteiger partial charge in [-0.05, 0) is 54.3 Å². The van der Waals surface area contributed by atoms with E-state index in [9.17, 15) is 9.59 Å². The van der Waals surface area contributed by atoms with Crippen LogP contribution in [0.5, 0.6) is 11.5 Å². The zero-order valence-corrected chi connectivity index (χ0v) is 19.2. The smallest absolute Gasteiger partial charge is 0.253 e. The number of amides is 2. The topological polar surface area (TPSA) is 76.7 Å². The first kappa shape index (κ1) is 23.9. The van der Waals surface area contributed by atoms with Gasteiger partial charge < -0.3 is 20.1 Å². The number of methoxy groups -OCH3 is 1. The number of benzene rings is 3. The molecular weight excluding hydrogens is 416 g/mol. The molecule has 3 aromatic carbocycles. The van der Waals surface area contributed by atoms with E-state index in [1.807, 2.05) is 12.1 Å². The second-order valence-corrected chi connectivity index (χ2v) is 8.05. The fourth-order valence-electron chi connectivity index (χ4n) is 3.20. The standard InChI is InChI=1S/C27H30N2O4/c1-19(2)16-17-33-24-18-22(14-15-23(24)32-3)25(28-26(30)20-10-6-4-7-11-20)29-27(31)21-12-8-5-9-13-21/h4-15,18-19,25H,16-17H2,1-3H3,(H,28,30)(H,29,31). The van der Waals surface area contributed by atoms with Gasteiger partial charge >= 0.3 is 0 Å². The molecule has 33 heavy (non-hydrogen) atoms. The van der Waals surface area contributed by atoms with Crippen molar-refractivity contribution in [2.45, 2.75) is 26.4 Å². The number of ether oxygens (including phenoxy) is 2. The van der Waals surface area contributed by atoms with Gasteiger partial charge in [0, 0.05) is 11.1 Å². The Morgan fingerprint density at radius 2 is 1.33 bits per heavy atom. The van der Waals surface area contributed by atoms with Crippen LogP contribution in [0, 0.1) is 5.92 Å². The lowest BCUT2D eigenvalue weighted by Crippen LogP contribution is -2.41. The molecule has 0 aliphatic carbocycles. The van der Waals surface area contributed by atoms with Gasteiger partial charge in [-0.15, -0.1) is 0 Å². The molecule has 3 rings (SSSR count). The molecule has 0 radical (unpaired) electrons. The van der Waals surface area contributed by atoms with E-state index >= 15 is 0 Å². The van der Waals surface area contributed by atoms with Gasteiger partial charge in [-0.2, -0.15) is 0 Å². The lowest BCUT2D eigenvalue weighted by atomic mass is 10.1. The van der Waals surface area contributed by atoms with E-state index in [1.165, 1.54) is 0 Å². The molecular formula is C27H30N2O4. The Balaban J connectivity index is 1.88. The molecule has 0 saturated carbocycles. The van der Waals surface area contributed by atoms with Crippen molar-refractivity contribution in [3.05, 3.63) is 95.6 Å². The summed E-state index contributed by atoms with van der Waals surface area (Å²) in [5.41, 5.74) is 1.67. The second kappa shape index (κ2) is 11.7. The van der Waals surface area contributed by atoms with E-state index < -0.39 is 6.17 Å². The molecule has 2 amide bonds. The summed E-state index contributed by atoms with van der Waals surface area (Å²) in [4.78, 5) is 25.8. The molecule has 0 unspecified atom stereocenters. The Hall–Kier alpha value is -3.80. The van der Waals surface area contributed by atoms with E-state index in [4.69, 9.17) is 9.47 Å². The van der Waals surface area contributed by atoms with Crippen molar-refractivity contribution in [2.75, 3.05) is 13.7 Å². The maximum Gasteiger partial charge on any atom is 0.253 e. The van der Waals surface area contributed by atoms with Crippen LogP contribution in [0.25, 0.3) is 0 Å². The van der Waals surface area contributed by atoms with E-state index in [0.29, 0.717) is 40.7 Å². The molecule has 0 saturated heterocycles. The van der Waals surface area contributed by atoms with E-state index in [2.05, 4.69) is 24.5 Å². The highest BCUT2D eigenvalue weighted by Crippen LogP contribution is 2.30. The zero-order valence-electron chi connectivity index (χ0n) is 19.2. The van der Waals surface area contributed by atoms with Crippen LogP contribution in [0.3, 0.4) is 0 Å². The highest BCUT2D eigenvalue weighted by Gasteiger charge is 2.21. The van der Waals surface area contributed by atoms with Crippen molar-refractivity contribution < 1.29 is 19.1 Å². The Morgan fingerprint density at radius 3 is 1.82 bits per heavy atom. The van der Waals surface area contributed by atoms with Gasteiger partial charge in [0.15, 0.2) is 11.5 Å². The molecule has 0 spiro atoms. The van der Waals surface area contributed by atoms with E-state index in [0.717, 1.165) is 6.42 Å². The minimum absolute atomic E-state index is 0.299. The van der Waals surface area contributed by atoms with Gasteiger partial charge in [-0.1, -0.05) is 56.3 Å². The fourth-order valence-corrected chi connectivity index (χ4v) is 3.20. The number of hydrogen-bond donors (Lipinski definition) is 2. The normalized spacial score (nSPS) is 10.7. The first-order valence-corrected chi connectivity index (χ1v) is 11.0. The predicted molar refractivity (Wildman–Crippen MR) is 129 cm³/mol. The molecule has 6 nitrogen and oxygen atoms in total. The Labute approximate surface area is 194 Å². The molecule has 0 fully saturated rings. The molecule has 6 heteroatoms. The average molecular weight is 447 g/mol. The summed E-state index contributed by atoms with van der Waals surface area (Å²) in [5, 5.41) is 5.84. The molecule has 3 aromatic rings. The average Bonchev–Trinajstić information content (AvgIpc) is 2.84. The van der Waals surface area contributed by atoms with Crippen LogP contribution in [-0.2, 0) is 0 Å². The van der Waals surface area contributed by atoms with E-state index in [1.54, 1.807) is 73.8 Å². The summed E-state index contributed by atoms with van der Waals surface area (Å²) in [6.45, 7) is 4.80. The van der Waals surface area contributed by atoms with Crippen molar-refractivity contribution >= 4 is 11.8 Å². The number of rotatable bonds is 10. The summed E-state index contributed by atoms with van der Waals surface area (Å²) in [7, 11) is 1.58. The molecule has 172 valence electrons. The van der Waals surface area contributed by atoms with Crippen LogP contribution in [0.4, 0.5) is 0 Å². The van der Waals surface area contributed by atoms with Gasteiger partial charge in [-0.25, -0.2) is 0 Å². The Bertz CT molecular complexity index is 999. The van der Waals surface area contributed by atoms with Crippen LogP contribution < -0.4 is 20.1 Å². The van der Waals surface area contributed by atoms with Crippen molar-refractivity contribution in [1.82, 2.24) is 10.6 Å². The number of nitrogens with one attached hydrogen (secondary N) is 2. The molecule has 0 aliphatic rings. The second-order valence-electron chi connectivity index (χ2n) is 8.05. The first-order chi connectivity index (χ1) is 16.0.